The van der Waals surface area contributed by atoms with Crippen LogP contribution in [0.2, 0.25) is 0 Å². The molecule has 3 aliphatic heterocycles. The highest BCUT2D eigenvalue weighted by Gasteiger charge is 2.76. The molecule has 4 rings (SSSR count). The first-order chi connectivity index (χ1) is 21.6. The molecular weight excluding hydrogens is 642 g/mol. The fraction of sp³-hybridized carbons (Fsp3) is 0.588. The van der Waals surface area contributed by atoms with Gasteiger partial charge in [-0.2, -0.15) is 0 Å². The van der Waals surface area contributed by atoms with Crippen LogP contribution in [-0.2, 0) is 28.7 Å². The molecule has 45 heavy (non-hydrogen) atoms. The van der Waals surface area contributed by atoms with Gasteiger partial charge < -0.3 is 29.7 Å². The summed E-state index contributed by atoms with van der Waals surface area (Å²) in [6.07, 6.45) is 5.66. The van der Waals surface area contributed by atoms with Crippen molar-refractivity contribution in [1.82, 2.24) is 15.1 Å². The van der Waals surface area contributed by atoms with Crippen LogP contribution < -0.4 is 5.32 Å². The number of rotatable bonds is 17. The van der Waals surface area contributed by atoms with Crippen molar-refractivity contribution < 1.29 is 33.8 Å². The summed E-state index contributed by atoms with van der Waals surface area (Å²) in [4.78, 5) is 58.2. The minimum absolute atomic E-state index is 0.0494. The molecule has 10 nitrogen and oxygen atoms in total. The molecule has 7 atom stereocenters. The Morgan fingerprint density at radius 3 is 2.58 bits per heavy atom. The maximum atomic E-state index is 14.3. The lowest BCUT2D eigenvalue weighted by Gasteiger charge is -2.38. The number of carbonyl (C=O) groups excluding carboxylic acids is 4. The summed E-state index contributed by atoms with van der Waals surface area (Å²) < 4.78 is 12.2. The normalized spacial score (nSPS) is 27.3. The minimum atomic E-state index is -1.18. The first-order valence-corrected chi connectivity index (χ1v) is 16.8. The van der Waals surface area contributed by atoms with E-state index in [4.69, 9.17) is 9.47 Å². The summed E-state index contributed by atoms with van der Waals surface area (Å²) in [5, 5.41) is 12.4. The number of esters is 1. The monoisotopic (exact) mass is 687 g/mol. The third-order valence-corrected chi connectivity index (χ3v) is 9.94. The van der Waals surface area contributed by atoms with Gasteiger partial charge in [0.25, 0.3) is 0 Å². The number of hydrogen-bond donors (Lipinski definition) is 2. The van der Waals surface area contributed by atoms with Gasteiger partial charge in [-0.05, 0) is 51.5 Å². The largest absolute Gasteiger partial charge is 0.463 e. The summed E-state index contributed by atoms with van der Waals surface area (Å²) in [6, 6.07) is 7.54. The van der Waals surface area contributed by atoms with Crippen LogP contribution in [0.3, 0.4) is 0 Å². The standard InChI is InChI=1S/C34H46BrN3O7/c1-5-7-16-26(40)44-21-25(23-14-10-8-11-15-23)36-31(41)27-28-32(42)38(18-12-9-13-19-39)30(33(43)37(17-6-2)22(3)4)34(28)20-24(35)29(27)45-34/h5-6,8,10-11,14-15,22,24-25,27-30,39H,1-2,7,9,12-13,16-21H2,3-4H3,(H,36,41)/t24?,25-,27+,28-,29+,30+,34-/m0/s1. The first kappa shape index (κ1) is 34.8. The van der Waals surface area contributed by atoms with Crippen LogP contribution in [0.15, 0.2) is 55.6 Å². The van der Waals surface area contributed by atoms with Gasteiger partial charge in [0.15, 0.2) is 0 Å². The smallest absolute Gasteiger partial charge is 0.306 e. The van der Waals surface area contributed by atoms with Crippen molar-refractivity contribution in [2.45, 2.75) is 87.0 Å². The molecule has 3 fully saturated rings. The topological polar surface area (TPSA) is 125 Å². The number of likely N-dealkylation sites (tertiary alicyclic amines) is 1. The van der Waals surface area contributed by atoms with Crippen LogP contribution >= 0.6 is 15.9 Å². The molecule has 1 aromatic rings. The lowest BCUT2D eigenvalue weighted by molar-refractivity contribution is -0.149. The highest BCUT2D eigenvalue weighted by atomic mass is 79.9. The van der Waals surface area contributed by atoms with Crippen molar-refractivity contribution in [2.24, 2.45) is 11.8 Å². The van der Waals surface area contributed by atoms with Crippen molar-refractivity contribution in [3.05, 3.63) is 61.2 Å². The molecule has 3 saturated heterocycles. The Labute approximate surface area is 274 Å². The average Bonchev–Trinajstić information content (AvgIpc) is 3.62. The zero-order valence-electron chi connectivity index (χ0n) is 26.2. The maximum Gasteiger partial charge on any atom is 0.306 e. The van der Waals surface area contributed by atoms with E-state index < -0.39 is 41.6 Å². The summed E-state index contributed by atoms with van der Waals surface area (Å²) in [7, 11) is 0. The number of aliphatic hydroxyl groups is 1. The van der Waals surface area contributed by atoms with Crippen molar-refractivity contribution in [2.75, 3.05) is 26.3 Å². The number of aliphatic hydroxyl groups excluding tert-OH is 1. The second kappa shape index (κ2) is 15.5. The molecule has 11 heteroatoms. The molecule has 0 aliphatic carbocycles. The second-order valence-corrected chi connectivity index (χ2v) is 13.5. The predicted molar refractivity (Wildman–Crippen MR) is 173 cm³/mol. The van der Waals surface area contributed by atoms with E-state index >= 15 is 0 Å². The van der Waals surface area contributed by atoms with Gasteiger partial charge in [-0.1, -0.05) is 58.4 Å². The Morgan fingerprint density at radius 2 is 1.93 bits per heavy atom. The zero-order valence-corrected chi connectivity index (χ0v) is 27.8. The van der Waals surface area contributed by atoms with Gasteiger partial charge in [0, 0.05) is 37.0 Å². The molecule has 2 N–H and O–H groups in total. The highest BCUT2D eigenvalue weighted by molar-refractivity contribution is 9.09. The van der Waals surface area contributed by atoms with Gasteiger partial charge in [-0.3, -0.25) is 19.2 Å². The van der Waals surface area contributed by atoms with E-state index in [0.29, 0.717) is 45.2 Å². The van der Waals surface area contributed by atoms with Crippen LogP contribution in [0.25, 0.3) is 0 Å². The molecule has 1 spiro atoms. The van der Waals surface area contributed by atoms with Crippen molar-refractivity contribution in [1.29, 1.82) is 0 Å². The summed E-state index contributed by atoms with van der Waals surface area (Å²) in [6.45, 7) is 11.9. The number of allylic oxidation sites excluding steroid dienone is 1. The van der Waals surface area contributed by atoms with Crippen LogP contribution in [0.1, 0.15) is 64.0 Å². The van der Waals surface area contributed by atoms with Crippen LogP contribution in [-0.4, -0.2) is 93.5 Å². The van der Waals surface area contributed by atoms with E-state index in [0.717, 1.165) is 5.56 Å². The van der Waals surface area contributed by atoms with Crippen LogP contribution in [0.5, 0.6) is 0 Å². The number of carbonyl (C=O) groups is 4. The van der Waals surface area contributed by atoms with E-state index in [9.17, 15) is 24.3 Å². The van der Waals surface area contributed by atoms with Crippen LogP contribution in [0, 0.1) is 11.8 Å². The molecule has 0 aromatic heterocycles. The molecule has 246 valence electrons. The number of amides is 3. The van der Waals surface area contributed by atoms with Gasteiger partial charge in [-0.15, -0.1) is 13.2 Å². The van der Waals surface area contributed by atoms with Gasteiger partial charge in [0.05, 0.1) is 24.0 Å². The van der Waals surface area contributed by atoms with E-state index in [2.05, 4.69) is 34.4 Å². The van der Waals surface area contributed by atoms with Crippen molar-refractivity contribution in [3.8, 4) is 0 Å². The van der Waals surface area contributed by atoms with E-state index in [1.165, 1.54) is 0 Å². The number of alkyl halides is 1. The van der Waals surface area contributed by atoms with Gasteiger partial charge in [0.1, 0.15) is 18.2 Å². The van der Waals surface area contributed by atoms with Gasteiger partial charge in [0.2, 0.25) is 17.7 Å². The zero-order chi connectivity index (χ0) is 32.7. The van der Waals surface area contributed by atoms with E-state index in [-0.39, 0.29) is 48.2 Å². The number of ether oxygens (including phenoxy) is 2. The van der Waals surface area contributed by atoms with Crippen molar-refractivity contribution in [3.63, 3.8) is 0 Å². The molecule has 3 aliphatic rings. The lowest BCUT2D eigenvalue weighted by atomic mass is 9.70. The maximum absolute atomic E-state index is 14.3. The molecule has 3 amide bonds. The molecule has 3 heterocycles. The Balaban J connectivity index is 1.65. The first-order valence-electron chi connectivity index (χ1n) is 15.9. The van der Waals surface area contributed by atoms with Gasteiger partial charge in [-0.25, -0.2) is 0 Å². The Morgan fingerprint density at radius 1 is 1.20 bits per heavy atom. The Hall–Kier alpha value is -3.02. The number of benzene rings is 1. The van der Waals surface area contributed by atoms with Gasteiger partial charge >= 0.3 is 5.97 Å². The third-order valence-electron chi connectivity index (χ3n) is 9.10. The fourth-order valence-electron chi connectivity index (χ4n) is 7.01. The number of halogens is 1. The minimum Gasteiger partial charge on any atom is -0.463 e. The van der Waals surface area contributed by atoms with Crippen LogP contribution in [0.4, 0.5) is 0 Å². The summed E-state index contributed by atoms with van der Waals surface area (Å²) in [5.41, 5.74) is -0.426. The molecular formula is C34H46BrN3O7. The van der Waals surface area contributed by atoms with E-state index in [1.54, 1.807) is 22.0 Å². The number of nitrogens with zero attached hydrogens (tertiary/aromatic N) is 2. The lowest BCUT2D eigenvalue weighted by Crippen LogP contribution is -2.58. The summed E-state index contributed by atoms with van der Waals surface area (Å²) in [5.74, 6) is -2.99. The number of unbranched alkanes of at least 4 members (excludes halogenated alkanes) is 2. The fourth-order valence-corrected chi connectivity index (χ4v) is 7.96. The summed E-state index contributed by atoms with van der Waals surface area (Å²) >= 11 is 3.73. The Kier molecular flexibility index (Phi) is 12.0. The predicted octanol–water partition coefficient (Wildman–Crippen LogP) is 3.69. The number of nitrogens with one attached hydrogen (secondary N) is 1. The Bertz CT molecular complexity index is 1240. The quantitative estimate of drug-likeness (QED) is 0.111. The molecule has 1 unspecified atom stereocenters. The highest BCUT2D eigenvalue weighted by Crippen LogP contribution is 2.60. The van der Waals surface area contributed by atoms with E-state index in [1.807, 2.05) is 44.2 Å². The molecule has 2 bridgehead atoms. The SMILES string of the molecule is C=CCCC(=O)OC[C@H](NC(=O)[C@H]1[C@@H]2O[C@@]3(CC2Br)[C@@H]1C(=O)N(CCCCCO)[C@@H]3C(=O)N(CC=C)C(C)C)c1ccccc1. The second-order valence-electron chi connectivity index (χ2n) is 12.3. The average molecular weight is 689 g/mol. The van der Waals surface area contributed by atoms with Crippen molar-refractivity contribution >= 4 is 39.6 Å². The number of fused-ring (bicyclic) bond motifs is 1. The molecule has 0 radical (unpaired) electrons. The third kappa shape index (κ3) is 7.20. The molecule has 1 aromatic carbocycles. The number of hydrogen-bond acceptors (Lipinski definition) is 7. The molecule has 0 saturated carbocycles.